The van der Waals surface area contributed by atoms with Gasteiger partial charge in [-0.05, 0) is 40.8 Å². The molecule has 1 aromatic carbocycles. The molecule has 0 aliphatic rings. The summed E-state index contributed by atoms with van der Waals surface area (Å²) < 4.78 is 6.91. The molecule has 1 aromatic rings. The van der Waals surface area contributed by atoms with E-state index in [1.807, 2.05) is 18.2 Å². The van der Waals surface area contributed by atoms with Crippen LogP contribution in [0.4, 0.5) is 0 Å². The van der Waals surface area contributed by atoms with E-state index in [1.165, 1.54) is 3.57 Å². The van der Waals surface area contributed by atoms with Gasteiger partial charge in [-0.25, -0.2) is 0 Å². The minimum Gasteiger partial charge on any atom is -0.493 e. The van der Waals surface area contributed by atoms with Gasteiger partial charge in [0.05, 0.1) is 6.61 Å². The lowest BCUT2D eigenvalue weighted by Gasteiger charge is -2.21. The fourth-order valence-electron chi connectivity index (χ4n) is 0.874. The van der Waals surface area contributed by atoms with Gasteiger partial charge in [0.1, 0.15) is 5.75 Å². The number of halogens is 2. The molecule has 0 radical (unpaired) electrons. The van der Waals surface area contributed by atoms with Crippen LogP contribution in [-0.2, 0) is 0 Å². The highest BCUT2D eigenvalue weighted by Gasteiger charge is 2.16. The van der Waals surface area contributed by atoms with E-state index in [2.05, 4.69) is 58.4 Å². The average Bonchev–Trinajstić information content (AvgIpc) is 2.15. The van der Waals surface area contributed by atoms with Crippen molar-refractivity contribution in [3.8, 4) is 5.75 Å². The summed E-state index contributed by atoms with van der Waals surface area (Å²) in [7, 11) is 0. The van der Waals surface area contributed by atoms with Crippen LogP contribution in [0.25, 0.3) is 0 Å². The summed E-state index contributed by atoms with van der Waals surface area (Å²) in [6.07, 6.45) is 0. The zero-order valence-electron chi connectivity index (χ0n) is 8.39. The van der Waals surface area contributed by atoms with E-state index in [9.17, 15) is 0 Å². The highest BCUT2D eigenvalue weighted by Crippen LogP contribution is 2.21. The quantitative estimate of drug-likeness (QED) is 0.574. The van der Waals surface area contributed by atoms with Crippen LogP contribution in [0.3, 0.4) is 0 Å². The molecular formula is C11H14BrIO. The highest BCUT2D eigenvalue weighted by molar-refractivity contribution is 14.1. The van der Waals surface area contributed by atoms with Crippen molar-refractivity contribution in [2.45, 2.75) is 13.8 Å². The minimum atomic E-state index is 0.182. The normalized spacial score (nSPS) is 11.4. The number of benzene rings is 1. The molecule has 0 N–H and O–H groups in total. The van der Waals surface area contributed by atoms with Crippen molar-refractivity contribution in [2.24, 2.45) is 5.41 Å². The Morgan fingerprint density at radius 2 is 2.14 bits per heavy atom. The minimum absolute atomic E-state index is 0.182. The second-order valence-corrected chi connectivity index (χ2v) is 5.85. The topological polar surface area (TPSA) is 9.23 Å². The SMILES string of the molecule is CC(C)(CBr)COc1cccc(I)c1. The molecule has 0 aromatic heterocycles. The summed E-state index contributed by atoms with van der Waals surface area (Å²) >= 11 is 5.76. The van der Waals surface area contributed by atoms with E-state index < -0.39 is 0 Å². The van der Waals surface area contributed by atoms with Crippen LogP contribution in [0.15, 0.2) is 24.3 Å². The number of rotatable bonds is 4. The first kappa shape index (κ1) is 12.3. The van der Waals surface area contributed by atoms with Crippen molar-refractivity contribution in [1.29, 1.82) is 0 Å². The molecule has 0 fully saturated rings. The Morgan fingerprint density at radius 3 is 2.71 bits per heavy atom. The maximum absolute atomic E-state index is 5.71. The molecule has 0 atom stereocenters. The van der Waals surface area contributed by atoms with E-state index in [-0.39, 0.29) is 5.41 Å². The zero-order valence-corrected chi connectivity index (χ0v) is 12.1. The second-order valence-electron chi connectivity index (χ2n) is 4.04. The molecular weight excluding hydrogens is 355 g/mol. The third kappa shape index (κ3) is 4.17. The van der Waals surface area contributed by atoms with Crippen molar-refractivity contribution < 1.29 is 4.74 Å². The molecule has 3 heteroatoms. The Morgan fingerprint density at radius 1 is 1.43 bits per heavy atom. The number of hydrogen-bond donors (Lipinski definition) is 0. The molecule has 0 unspecified atom stereocenters. The summed E-state index contributed by atoms with van der Waals surface area (Å²) in [5.74, 6) is 0.950. The van der Waals surface area contributed by atoms with Crippen LogP contribution in [-0.4, -0.2) is 11.9 Å². The molecule has 1 nitrogen and oxygen atoms in total. The van der Waals surface area contributed by atoms with Gasteiger partial charge in [-0.2, -0.15) is 0 Å². The third-order valence-electron chi connectivity index (χ3n) is 1.79. The molecule has 0 saturated carbocycles. The molecule has 0 aliphatic heterocycles. The van der Waals surface area contributed by atoms with E-state index in [0.29, 0.717) is 0 Å². The molecule has 0 saturated heterocycles. The molecule has 0 spiro atoms. The van der Waals surface area contributed by atoms with Crippen LogP contribution < -0.4 is 4.74 Å². The summed E-state index contributed by atoms with van der Waals surface area (Å²) in [4.78, 5) is 0. The van der Waals surface area contributed by atoms with Gasteiger partial charge in [0.2, 0.25) is 0 Å². The Hall–Kier alpha value is 0.230. The molecule has 0 aliphatic carbocycles. The van der Waals surface area contributed by atoms with E-state index in [0.717, 1.165) is 17.7 Å². The predicted octanol–water partition coefficient (Wildman–Crippen LogP) is 4.09. The fourth-order valence-corrected chi connectivity index (χ4v) is 1.55. The van der Waals surface area contributed by atoms with E-state index >= 15 is 0 Å². The lowest BCUT2D eigenvalue weighted by atomic mass is 9.98. The Labute approximate surface area is 107 Å². The molecule has 14 heavy (non-hydrogen) atoms. The Kier molecular flexibility index (Phi) is 4.70. The fraction of sp³-hybridized carbons (Fsp3) is 0.455. The first-order valence-electron chi connectivity index (χ1n) is 4.48. The smallest absolute Gasteiger partial charge is 0.120 e. The summed E-state index contributed by atoms with van der Waals surface area (Å²) in [6.45, 7) is 5.09. The summed E-state index contributed by atoms with van der Waals surface area (Å²) in [5, 5.41) is 0.948. The van der Waals surface area contributed by atoms with Crippen LogP contribution in [0.2, 0.25) is 0 Å². The average molecular weight is 369 g/mol. The van der Waals surface area contributed by atoms with Gasteiger partial charge in [-0.15, -0.1) is 0 Å². The predicted molar refractivity (Wildman–Crippen MR) is 72.2 cm³/mol. The van der Waals surface area contributed by atoms with E-state index in [4.69, 9.17) is 4.74 Å². The molecule has 0 amide bonds. The van der Waals surface area contributed by atoms with Gasteiger partial charge in [-0.1, -0.05) is 35.8 Å². The Balaban J connectivity index is 2.54. The monoisotopic (exact) mass is 368 g/mol. The second kappa shape index (κ2) is 5.35. The van der Waals surface area contributed by atoms with Gasteiger partial charge >= 0.3 is 0 Å². The number of hydrogen-bond acceptors (Lipinski definition) is 1. The van der Waals surface area contributed by atoms with Crippen molar-refractivity contribution in [1.82, 2.24) is 0 Å². The highest BCUT2D eigenvalue weighted by atomic mass is 127. The van der Waals surface area contributed by atoms with Crippen LogP contribution in [0.1, 0.15) is 13.8 Å². The third-order valence-corrected chi connectivity index (χ3v) is 3.98. The number of alkyl halides is 1. The largest absolute Gasteiger partial charge is 0.493 e. The maximum atomic E-state index is 5.71. The lowest BCUT2D eigenvalue weighted by molar-refractivity contribution is 0.203. The standard InChI is InChI=1S/C11H14BrIO/c1-11(2,7-12)8-14-10-5-3-4-9(13)6-10/h3-6H,7-8H2,1-2H3. The van der Waals surface area contributed by atoms with Gasteiger partial charge in [0, 0.05) is 14.3 Å². The first-order valence-corrected chi connectivity index (χ1v) is 6.68. The van der Waals surface area contributed by atoms with Gasteiger partial charge < -0.3 is 4.74 Å². The van der Waals surface area contributed by atoms with Crippen LogP contribution >= 0.6 is 38.5 Å². The zero-order chi connectivity index (χ0) is 10.6. The van der Waals surface area contributed by atoms with Crippen molar-refractivity contribution >= 4 is 38.5 Å². The van der Waals surface area contributed by atoms with Gasteiger partial charge in [0.25, 0.3) is 0 Å². The van der Waals surface area contributed by atoms with Gasteiger partial charge in [-0.3, -0.25) is 0 Å². The molecule has 78 valence electrons. The number of ether oxygens (including phenoxy) is 1. The lowest BCUT2D eigenvalue weighted by Crippen LogP contribution is -2.22. The molecule has 0 bridgehead atoms. The molecule has 1 rings (SSSR count). The van der Waals surface area contributed by atoms with Crippen LogP contribution in [0, 0.1) is 8.99 Å². The van der Waals surface area contributed by atoms with Crippen molar-refractivity contribution in [3.63, 3.8) is 0 Å². The summed E-state index contributed by atoms with van der Waals surface area (Å²) in [6, 6.07) is 8.11. The summed E-state index contributed by atoms with van der Waals surface area (Å²) in [5.41, 5.74) is 0.182. The van der Waals surface area contributed by atoms with E-state index in [1.54, 1.807) is 0 Å². The molecule has 0 heterocycles. The first-order chi connectivity index (χ1) is 6.53. The van der Waals surface area contributed by atoms with Crippen molar-refractivity contribution in [3.05, 3.63) is 27.8 Å². The van der Waals surface area contributed by atoms with Crippen LogP contribution in [0.5, 0.6) is 5.75 Å². The van der Waals surface area contributed by atoms with Crippen molar-refractivity contribution in [2.75, 3.05) is 11.9 Å². The maximum Gasteiger partial charge on any atom is 0.120 e. The Bertz CT molecular complexity index is 299. The van der Waals surface area contributed by atoms with Gasteiger partial charge in [0.15, 0.2) is 0 Å².